The summed E-state index contributed by atoms with van der Waals surface area (Å²) in [6.45, 7) is 8.06. The minimum atomic E-state index is -3.40. The topological polar surface area (TPSA) is 87.9 Å². The molecule has 0 amide bonds. The molecule has 0 unspecified atom stereocenters. The fourth-order valence-corrected chi connectivity index (χ4v) is 3.30. The number of benzene rings is 1. The quantitative estimate of drug-likeness (QED) is 0.583. The second-order valence-electron chi connectivity index (χ2n) is 7.53. The lowest BCUT2D eigenvalue weighted by atomic mass is 9.78. The van der Waals surface area contributed by atoms with Crippen LogP contribution in [0.5, 0.6) is 5.75 Å². The van der Waals surface area contributed by atoms with Crippen molar-refractivity contribution in [3.8, 4) is 5.75 Å². The lowest BCUT2D eigenvalue weighted by Gasteiger charge is -2.32. The highest BCUT2D eigenvalue weighted by molar-refractivity contribution is 7.89. The zero-order valence-electron chi connectivity index (χ0n) is 15.7. The lowest BCUT2D eigenvalue weighted by molar-refractivity contribution is 0.00578. The Morgan fingerprint density at radius 3 is 2.20 bits per heavy atom. The molecule has 1 saturated heterocycles. The van der Waals surface area contributed by atoms with E-state index >= 15 is 0 Å². The van der Waals surface area contributed by atoms with Gasteiger partial charge < -0.3 is 14.0 Å². The van der Waals surface area contributed by atoms with Crippen LogP contribution in [0.3, 0.4) is 0 Å². The van der Waals surface area contributed by atoms with Crippen LogP contribution in [0.25, 0.3) is 0 Å². The Bertz CT molecular complexity index is 702. The molecule has 0 aromatic heterocycles. The summed E-state index contributed by atoms with van der Waals surface area (Å²) < 4.78 is 39.6. The van der Waals surface area contributed by atoms with Crippen LogP contribution in [0.1, 0.15) is 46.1 Å². The summed E-state index contributed by atoms with van der Waals surface area (Å²) in [7, 11) is -2.24. The Balaban J connectivity index is 2.12. The van der Waals surface area contributed by atoms with Gasteiger partial charge in [-0.3, -0.25) is 0 Å². The van der Waals surface area contributed by atoms with Crippen molar-refractivity contribution >= 4 is 22.6 Å². The number of rotatable bonds is 7. The van der Waals surface area contributed by atoms with Gasteiger partial charge in [0, 0.05) is 0 Å². The van der Waals surface area contributed by atoms with Crippen molar-refractivity contribution in [1.82, 2.24) is 0 Å². The number of unbranched alkanes of at least 4 members (excludes halogenated alkanes) is 1. The fourth-order valence-electron chi connectivity index (χ4n) is 2.70. The smallest absolute Gasteiger partial charge is 0.494 e. The van der Waals surface area contributed by atoms with Gasteiger partial charge in [-0.25, -0.2) is 13.6 Å². The van der Waals surface area contributed by atoms with Gasteiger partial charge in [-0.1, -0.05) is 6.07 Å². The Morgan fingerprint density at radius 2 is 1.68 bits per heavy atom. The average Bonchev–Trinajstić information content (AvgIpc) is 2.71. The van der Waals surface area contributed by atoms with E-state index in [9.17, 15) is 8.42 Å². The molecule has 1 heterocycles. The monoisotopic (exact) mass is 369 g/mol. The number of hydrogen-bond acceptors (Lipinski definition) is 5. The summed E-state index contributed by atoms with van der Waals surface area (Å²) in [6.07, 6.45) is 1.99. The number of nitrogens with two attached hydrogens (primary N) is 1. The van der Waals surface area contributed by atoms with Crippen molar-refractivity contribution in [1.29, 1.82) is 0 Å². The van der Waals surface area contributed by atoms with Gasteiger partial charge >= 0.3 is 7.12 Å². The first-order valence-electron chi connectivity index (χ1n) is 8.47. The summed E-state index contributed by atoms with van der Waals surface area (Å²) in [6, 6.07) is 5.89. The van der Waals surface area contributed by atoms with Gasteiger partial charge in [-0.15, -0.1) is 0 Å². The molecular formula is C17H28BNO5S. The minimum Gasteiger partial charge on any atom is -0.497 e. The number of primary sulfonamides is 1. The Morgan fingerprint density at radius 1 is 1.08 bits per heavy atom. The SMILES string of the molecule is COc1cc(CCCCS(N)(=O)=O)cc(B2OC(C)(C)C(C)(C)O2)c1. The van der Waals surface area contributed by atoms with E-state index in [1.54, 1.807) is 7.11 Å². The van der Waals surface area contributed by atoms with Gasteiger partial charge in [0.15, 0.2) is 0 Å². The largest absolute Gasteiger partial charge is 0.497 e. The molecule has 0 spiro atoms. The van der Waals surface area contributed by atoms with Crippen LogP contribution in [0, 0.1) is 0 Å². The van der Waals surface area contributed by atoms with Crippen molar-refractivity contribution in [3.63, 3.8) is 0 Å². The predicted molar refractivity (Wildman–Crippen MR) is 99.6 cm³/mol. The van der Waals surface area contributed by atoms with Crippen LogP contribution < -0.4 is 15.3 Å². The summed E-state index contributed by atoms with van der Waals surface area (Å²) >= 11 is 0. The Hall–Kier alpha value is -1.09. The molecule has 1 aliphatic heterocycles. The number of sulfonamides is 1. The molecule has 1 aromatic carbocycles. The van der Waals surface area contributed by atoms with E-state index in [4.69, 9.17) is 19.2 Å². The third-order valence-electron chi connectivity index (χ3n) is 4.89. The zero-order chi connectivity index (χ0) is 18.9. The van der Waals surface area contributed by atoms with Crippen LogP contribution in [-0.2, 0) is 25.8 Å². The first-order chi connectivity index (χ1) is 11.4. The molecule has 1 fully saturated rings. The van der Waals surface area contributed by atoms with E-state index in [2.05, 4.69) is 0 Å². The fraction of sp³-hybridized carbons (Fsp3) is 0.647. The maximum Gasteiger partial charge on any atom is 0.494 e. The Labute approximate surface area is 151 Å². The standard InChI is InChI=1S/C17H28BNO5S/c1-16(2)17(3,4)24-18(23-16)14-10-13(11-15(12-14)22-5)8-6-7-9-25(19,20)21/h10-12H,6-9H2,1-5H3,(H2,19,20,21). The zero-order valence-corrected chi connectivity index (χ0v) is 16.5. The van der Waals surface area contributed by atoms with Crippen LogP contribution in [0.2, 0.25) is 0 Å². The normalized spacial score (nSPS) is 19.2. The highest BCUT2D eigenvalue weighted by Gasteiger charge is 2.51. The van der Waals surface area contributed by atoms with Crippen molar-refractivity contribution < 1.29 is 22.5 Å². The third kappa shape index (κ3) is 5.20. The van der Waals surface area contributed by atoms with Crippen LogP contribution in [0.4, 0.5) is 0 Å². The number of hydrogen-bond donors (Lipinski definition) is 1. The maximum atomic E-state index is 11.0. The number of aryl methyl sites for hydroxylation is 1. The number of methoxy groups -OCH3 is 1. The maximum absolute atomic E-state index is 11.0. The first-order valence-corrected chi connectivity index (χ1v) is 10.2. The van der Waals surface area contributed by atoms with Crippen molar-refractivity contribution in [2.45, 2.75) is 58.2 Å². The molecule has 8 heteroatoms. The van der Waals surface area contributed by atoms with Crippen molar-refractivity contribution in [2.24, 2.45) is 5.14 Å². The van der Waals surface area contributed by atoms with E-state index in [0.717, 1.165) is 29.6 Å². The first kappa shape index (κ1) is 20.2. The number of ether oxygens (including phenoxy) is 1. The molecular weight excluding hydrogens is 341 g/mol. The second kappa shape index (κ2) is 7.27. The molecule has 1 aromatic rings. The molecule has 6 nitrogen and oxygen atoms in total. The van der Waals surface area contributed by atoms with Gasteiger partial charge in [0.2, 0.25) is 10.0 Å². The molecule has 0 aliphatic carbocycles. The summed E-state index contributed by atoms with van der Waals surface area (Å²) in [5.74, 6) is 0.731. The third-order valence-corrected chi connectivity index (χ3v) is 5.75. The Kier molecular flexibility index (Phi) is 5.88. The van der Waals surface area contributed by atoms with Gasteiger partial charge in [0.25, 0.3) is 0 Å². The van der Waals surface area contributed by atoms with Crippen LogP contribution in [-0.4, -0.2) is 39.6 Å². The van der Waals surface area contributed by atoms with Crippen molar-refractivity contribution in [2.75, 3.05) is 12.9 Å². The summed E-state index contributed by atoms with van der Waals surface area (Å²) in [5.41, 5.74) is 1.14. The minimum absolute atomic E-state index is 0.00104. The van der Waals surface area contributed by atoms with Gasteiger partial charge in [0.1, 0.15) is 5.75 Å². The molecule has 2 N–H and O–H groups in total. The molecule has 140 valence electrons. The average molecular weight is 369 g/mol. The molecule has 0 atom stereocenters. The van der Waals surface area contributed by atoms with Gasteiger partial charge in [-0.2, -0.15) is 0 Å². The van der Waals surface area contributed by atoms with E-state index in [0.29, 0.717) is 6.42 Å². The highest BCUT2D eigenvalue weighted by atomic mass is 32.2. The van der Waals surface area contributed by atoms with E-state index in [1.165, 1.54) is 0 Å². The van der Waals surface area contributed by atoms with Crippen LogP contribution in [0.15, 0.2) is 18.2 Å². The van der Waals surface area contributed by atoms with Gasteiger partial charge in [0.05, 0.1) is 24.1 Å². The van der Waals surface area contributed by atoms with Crippen LogP contribution >= 0.6 is 0 Å². The molecule has 0 bridgehead atoms. The molecule has 1 aliphatic rings. The molecule has 0 radical (unpaired) electrons. The van der Waals surface area contributed by atoms with E-state index in [1.807, 2.05) is 45.9 Å². The van der Waals surface area contributed by atoms with E-state index < -0.39 is 28.3 Å². The molecule has 0 saturated carbocycles. The molecule has 25 heavy (non-hydrogen) atoms. The van der Waals surface area contributed by atoms with Crippen molar-refractivity contribution in [3.05, 3.63) is 23.8 Å². The molecule has 2 rings (SSSR count). The summed E-state index contributed by atoms with van der Waals surface area (Å²) in [5, 5.41) is 5.04. The summed E-state index contributed by atoms with van der Waals surface area (Å²) in [4.78, 5) is 0. The lowest BCUT2D eigenvalue weighted by Crippen LogP contribution is -2.41. The highest BCUT2D eigenvalue weighted by Crippen LogP contribution is 2.36. The van der Waals surface area contributed by atoms with Gasteiger partial charge in [-0.05, 0) is 70.1 Å². The predicted octanol–water partition coefficient (Wildman–Crippen LogP) is 1.61. The second-order valence-corrected chi connectivity index (χ2v) is 9.26. The van der Waals surface area contributed by atoms with E-state index in [-0.39, 0.29) is 5.75 Å².